The van der Waals surface area contributed by atoms with E-state index >= 15 is 0 Å². The van der Waals surface area contributed by atoms with Crippen molar-refractivity contribution in [1.29, 1.82) is 0 Å². The van der Waals surface area contributed by atoms with E-state index in [9.17, 15) is 0 Å². The number of anilines is 1. The lowest BCUT2D eigenvalue weighted by molar-refractivity contribution is -0.567. The molecule has 0 aromatic heterocycles. The third-order valence-corrected chi connectivity index (χ3v) is 5.42. The largest absolute Gasteiger partial charge is 0.372 e. The number of nitrogens with zero attached hydrogens (tertiary/aromatic N) is 2. The molecule has 0 atom stereocenters. The molecular weight excluding hydrogens is 366 g/mol. The van der Waals surface area contributed by atoms with E-state index in [2.05, 4.69) is 116 Å². The Hall–Kier alpha value is -2.91. The second kappa shape index (κ2) is 10.7. The maximum atomic E-state index is 4.52. The molecule has 3 nitrogen and oxygen atoms in total. The van der Waals surface area contributed by atoms with E-state index in [0.29, 0.717) is 0 Å². The zero-order valence-corrected chi connectivity index (χ0v) is 18.7. The van der Waals surface area contributed by atoms with Crippen molar-refractivity contribution in [2.24, 2.45) is 4.99 Å². The molecular formula is C27H34N3+. The highest BCUT2D eigenvalue weighted by Crippen LogP contribution is 2.31. The summed E-state index contributed by atoms with van der Waals surface area (Å²) in [6.45, 7) is 12.5. The van der Waals surface area contributed by atoms with Gasteiger partial charge in [-0.3, -0.25) is 4.99 Å². The van der Waals surface area contributed by atoms with Crippen LogP contribution in [0.3, 0.4) is 0 Å². The Labute approximate surface area is 181 Å². The van der Waals surface area contributed by atoms with Gasteiger partial charge in [-0.25, -0.2) is 0 Å². The Kier molecular flexibility index (Phi) is 7.81. The normalized spacial score (nSPS) is 12.9. The first-order chi connectivity index (χ1) is 14.7. The highest BCUT2D eigenvalue weighted by atomic mass is 15.1. The van der Waals surface area contributed by atoms with Crippen molar-refractivity contribution in [1.82, 2.24) is 0 Å². The van der Waals surface area contributed by atoms with Crippen LogP contribution in [0.1, 0.15) is 38.8 Å². The topological polar surface area (TPSA) is 32.2 Å². The Morgan fingerprint density at radius 2 is 1.33 bits per heavy atom. The van der Waals surface area contributed by atoms with Crippen LogP contribution < -0.4 is 10.2 Å². The summed E-state index contributed by atoms with van der Waals surface area (Å²) in [7, 11) is 0. The minimum Gasteiger partial charge on any atom is -0.372 e. The molecule has 0 heterocycles. The van der Waals surface area contributed by atoms with Gasteiger partial charge in [0.1, 0.15) is 5.69 Å². The number of hydrogen-bond donors (Lipinski definition) is 1. The summed E-state index contributed by atoms with van der Waals surface area (Å²) in [4.78, 5) is 6.89. The summed E-state index contributed by atoms with van der Waals surface area (Å²) in [5, 5.41) is 2.25. The van der Waals surface area contributed by atoms with Crippen LogP contribution in [0.25, 0.3) is 5.57 Å². The van der Waals surface area contributed by atoms with E-state index in [4.69, 9.17) is 0 Å². The Morgan fingerprint density at radius 1 is 0.767 bits per heavy atom. The lowest BCUT2D eigenvalue weighted by Crippen LogP contribution is -2.77. The molecule has 3 rings (SSSR count). The van der Waals surface area contributed by atoms with Crippen molar-refractivity contribution < 1.29 is 5.32 Å². The van der Waals surface area contributed by atoms with Crippen LogP contribution in [-0.2, 0) is 0 Å². The summed E-state index contributed by atoms with van der Waals surface area (Å²) >= 11 is 0. The molecule has 2 aromatic rings. The van der Waals surface area contributed by atoms with Crippen LogP contribution in [0.15, 0.2) is 83.4 Å². The Bertz CT molecular complexity index is 923. The van der Waals surface area contributed by atoms with Gasteiger partial charge in [-0.15, -0.1) is 0 Å². The molecule has 0 saturated carbocycles. The van der Waals surface area contributed by atoms with Crippen LogP contribution in [-0.4, -0.2) is 31.9 Å². The molecule has 0 spiro atoms. The Morgan fingerprint density at radius 3 is 1.83 bits per heavy atom. The molecule has 0 saturated heterocycles. The first-order valence-electron chi connectivity index (χ1n) is 11.1. The molecule has 2 N–H and O–H groups in total. The van der Waals surface area contributed by atoms with Gasteiger partial charge < -0.3 is 10.2 Å². The van der Waals surface area contributed by atoms with Gasteiger partial charge >= 0.3 is 0 Å². The zero-order valence-electron chi connectivity index (χ0n) is 18.7. The molecule has 0 fully saturated rings. The number of hydrogen-bond acceptors (Lipinski definition) is 2. The second-order valence-electron chi connectivity index (χ2n) is 7.35. The standard InChI is InChI=1S/C27H33N3/c1-5-28-24-15-9-21(10-16-24)27(22-11-17-25(18-12-22)29-6-2)23-13-19-26(20-14-23)30(7-3)8-4/h9-20,28H,5-8H2,1-4H3/p+1. The predicted molar refractivity (Wildman–Crippen MR) is 131 cm³/mol. The maximum absolute atomic E-state index is 4.52. The third kappa shape index (κ3) is 5.17. The molecule has 156 valence electrons. The maximum Gasteiger partial charge on any atom is 0.129 e. The van der Waals surface area contributed by atoms with E-state index in [0.717, 1.165) is 31.9 Å². The average Bonchev–Trinajstić information content (AvgIpc) is 2.78. The van der Waals surface area contributed by atoms with Gasteiger partial charge in [-0.2, -0.15) is 0 Å². The molecule has 2 aromatic carbocycles. The average molecular weight is 401 g/mol. The van der Waals surface area contributed by atoms with Crippen LogP contribution in [0.2, 0.25) is 0 Å². The van der Waals surface area contributed by atoms with Gasteiger partial charge in [0.15, 0.2) is 0 Å². The van der Waals surface area contributed by atoms with Crippen molar-refractivity contribution in [3.05, 3.63) is 89.5 Å². The monoisotopic (exact) mass is 400 g/mol. The Balaban J connectivity index is 2.05. The number of aliphatic imine (C=N–C) groups is 1. The number of rotatable bonds is 8. The van der Waals surface area contributed by atoms with Gasteiger partial charge in [0.05, 0.1) is 12.3 Å². The number of quaternary nitrogens is 1. The van der Waals surface area contributed by atoms with Crippen LogP contribution in [0, 0.1) is 0 Å². The summed E-state index contributed by atoms with van der Waals surface area (Å²) in [5.74, 6) is 0. The van der Waals surface area contributed by atoms with Crippen LogP contribution >= 0.6 is 0 Å². The minimum atomic E-state index is 0.804. The van der Waals surface area contributed by atoms with Gasteiger partial charge in [0, 0.05) is 25.3 Å². The lowest BCUT2D eigenvalue weighted by Gasteiger charge is -2.22. The van der Waals surface area contributed by atoms with Crippen molar-refractivity contribution in [3.8, 4) is 0 Å². The predicted octanol–water partition coefficient (Wildman–Crippen LogP) is 5.14. The van der Waals surface area contributed by atoms with Gasteiger partial charge in [0.2, 0.25) is 0 Å². The summed E-state index contributed by atoms with van der Waals surface area (Å²) in [6, 6.07) is 17.9. The fraction of sp³-hybridized carbons (Fsp3) is 0.296. The van der Waals surface area contributed by atoms with Gasteiger partial charge in [-0.1, -0.05) is 24.3 Å². The molecule has 0 amide bonds. The molecule has 30 heavy (non-hydrogen) atoms. The quantitative estimate of drug-likeness (QED) is 0.612. The van der Waals surface area contributed by atoms with E-state index in [1.807, 2.05) is 0 Å². The first kappa shape index (κ1) is 21.8. The number of nitrogens with two attached hydrogens (primary N) is 1. The van der Waals surface area contributed by atoms with Crippen LogP contribution in [0.4, 0.5) is 11.4 Å². The number of allylic oxidation sites excluding steroid dienone is 5. The fourth-order valence-electron chi connectivity index (χ4n) is 3.87. The summed E-state index contributed by atoms with van der Waals surface area (Å²) in [5.41, 5.74) is 8.52. The van der Waals surface area contributed by atoms with Crippen molar-refractivity contribution in [2.75, 3.05) is 31.1 Å². The van der Waals surface area contributed by atoms with E-state index in [-0.39, 0.29) is 0 Å². The molecule has 0 unspecified atom stereocenters. The highest BCUT2D eigenvalue weighted by molar-refractivity contribution is 6.07. The van der Waals surface area contributed by atoms with E-state index < -0.39 is 0 Å². The minimum absolute atomic E-state index is 0.804. The first-order valence-corrected chi connectivity index (χ1v) is 11.1. The SMILES string of the molecule is CCN=C1C=CC(=C(c2ccc([NH2+]CC)cc2)c2ccc(N(CC)CC)cc2)C=C1. The second-order valence-corrected chi connectivity index (χ2v) is 7.35. The molecule has 0 bridgehead atoms. The smallest absolute Gasteiger partial charge is 0.129 e. The molecule has 0 radical (unpaired) electrons. The van der Waals surface area contributed by atoms with Crippen molar-refractivity contribution in [2.45, 2.75) is 27.7 Å². The van der Waals surface area contributed by atoms with Gasteiger partial charge in [-0.05, 0) is 98.5 Å². The highest BCUT2D eigenvalue weighted by Gasteiger charge is 2.13. The van der Waals surface area contributed by atoms with Crippen molar-refractivity contribution in [3.63, 3.8) is 0 Å². The zero-order chi connectivity index (χ0) is 21.3. The fourth-order valence-corrected chi connectivity index (χ4v) is 3.87. The van der Waals surface area contributed by atoms with E-state index in [1.54, 1.807) is 0 Å². The van der Waals surface area contributed by atoms with Crippen molar-refractivity contribution >= 4 is 22.7 Å². The number of benzene rings is 2. The summed E-state index contributed by atoms with van der Waals surface area (Å²) in [6.07, 6.45) is 8.60. The third-order valence-electron chi connectivity index (χ3n) is 5.42. The summed E-state index contributed by atoms with van der Waals surface area (Å²) < 4.78 is 0. The van der Waals surface area contributed by atoms with Crippen LogP contribution in [0.5, 0.6) is 0 Å². The van der Waals surface area contributed by atoms with Gasteiger partial charge in [0.25, 0.3) is 0 Å². The molecule has 1 aliphatic rings. The molecule has 3 heteroatoms. The lowest BCUT2D eigenvalue weighted by atomic mass is 9.90. The van der Waals surface area contributed by atoms with E-state index in [1.165, 1.54) is 33.6 Å². The molecule has 1 aliphatic carbocycles. The molecule has 0 aliphatic heterocycles.